The van der Waals surface area contributed by atoms with E-state index in [1.165, 1.54) is 69.0 Å². The molecule has 0 saturated carbocycles. The van der Waals surface area contributed by atoms with Gasteiger partial charge in [-0.25, -0.2) is 4.57 Å². The molecule has 0 spiro atoms. The van der Waals surface area contributed by atoms with Crippen molar-refractivity contribution in [3.63, 3.8) is 0 Å². The van der Waals surface area contributed by atoms with Crippen molar-refractivity contribution in [2.75, 3.05) is 0 Å². The maximum Gasteiger partial charge on any atom is 0.181 e. The van der Waals surface area contributed by atoms with Crippen molar-refractivity contribution in [1.82, 2.24) is 0 Å². The summed E-state index contributed by atoms with van der Waals surface area (Å²) in [7, 11) is 2.13. The minimum absolute atomic E-state index is 0. The molecule has 20 heavy (non-hydrogen) atoms. The molecule has 0 bridgehead atoms. The van der Waals surface area contributed by atoms with Crippen LogP contribution in [0.15, 0.2) is 12.3 Å². The number of rotatable bonds is 9. The molecule has 116 valence electrons. The van der Waals surface area contributed by atoms with Gasteiger partial charge < -0.3 is 17.0 Å². The minimum atomic E-state index is 0. The van der Waals surface area contributed by atoms with Crippen LogP contribution in [0.3, 0.4) is 0 Å². The van der Waals surface area contributed by atoms with Crippen LogP contribution >= 0.6 is 0 Å². The number of nitrogens with zero attached hydrogens (tertiary/aromatic N) is 1. The zero-order chi connectivity index (χ0) is 14.1. The normalized spacial score (nSPS) is 10.4. The van der Waals surface area contributed by atoms with Crippen molar-refractivity contribution in [1.29, 1.82) is 0 Å². The van der Waals surface area contributed by atoms with Crippen LogP contribution in [-0.4, -0.2) is 0 Å². The zero-order valence-electron chi connectivity index (χ0n) is 13.8. The molecule has 0 unspecified atom stereocenters. The predicted molar refractivity (Wildman–Crippen MR) is 83.4 cm³/mol. The Morgan fingerprint density at radius 3 is 2.05 bits per heavy atom. The van der Waals surface area contributed by atoms with Gasteiger partial charge in [-0.3, -0.25) is 0 Å². The molecule has 0 fully saturated rings. The zero-order valence-corrected chi connectivity index (χ0v) is 15.4. The van der Waals surface area contributed by atoms with Crippen molar-refractivity contribution in [3.8, 4) is 0 Å². The lowest BCUT2D eigenvalue weighted by atomic mass is 10.0. The molecule has 0 N–H and O–H groups in total. The topological polar surface area (TPSA) is 3.88 Å². The van der Waals surface area contributed by atoms with Gasteiger partial charge in [0, 0.05) is 18.6 Å². The molecule has 0 radical (unpaired) electrons. The molecule has 0 aliphatic carbocycles. The number of pyridine rings is 1. The summed E-state index contributed by atoms with van der Waals surface area (Å²) in [6.45, 7) is 6.76. The van der Waals surface area contributed by atoms with Crippen molar-refractivity contribution in [2.45, 2.75) is 78.6 Å². The van der Waals surface area contributed by atoms with E-state index in [1.54, 1.807) is 5.56 Å². The largest absolute Gasteiger partial charge is 1.00 e. The van der Waals surface area contributed by atoms with E-state index in [0.29, 0.717) is 0 Å². The highest BCUT2D eigenvalue weighted by Gasteiger charge is 2.08. The van der Waals surface area contributed by atoms with Gasteiger partial charge in [0.25, 0.3) is 0 Å². The monoisotopic (exact) mass is 341 g/mol. The highest BCUT2D eigenvalue weighted by molar-refractivity contribution is 5.24. The molecule has 1 heterocycles. The molecule has 1 nitrogen and oxygen atoms in total. The highest BCUT2D eigenvalue weighted by Crippen LogP contribution is 2.14. The summed E-state index contributed by atoms with van der Waals surface area (Å²) in [5.41, 5.74) is 4.42. The summed E-state index contributed by atoms with van der Waals surface area (Å²) in [5.74, 6) is 0. The second kappa shape index (κ2) is 11.3. The number of unbranched alkanes of at least 4 members (excludes halogenated alkanes) is 7. The molecular formula is C18H32BrN. The first kappa shape index (κ1) is 19.6. The Morgan fingerprint density at radius 2 is 1.45 bits per heavy atom. The number of aromatic nitrogens is 1. The van der Waals surface area contributed by atoms with Crippen molar-refractivity contribution >= 4 is 0 Å². The van der Waals surface area contributed by atoms with Gasteiger partial charge in [-0.15, -0.1) is 0 Å². The Balaban J connectivity index is 0.00000361. The van der Waals surface area contributed by atoms with Gasteiger partial charge in [-0.05, 0) is 25.3 Å². The average molecular weight is 342 g/mol. The van der Waals surface area contributed by atoms with Gasteiger partial charge in [0.15, 0.2) is 11.9 Å². The van der Waals surface area contributed by atoms with Crippen LogP contribution < -0.4 is 21.5 Å². The van der Waals surface area contributed by atoms with Crippen molar-refractivity contribution in [3.05, 3.63) is 29.1 Å². The Labute approximate surface area is 136 Å². The standard InChI is InChI=1S/C18H32N.BrH/c1-5-6-7-8-9-10-11-12-13-18-14-15-19(4)17(3)16(18)2;/h14-15H,5-13H2,1-4H3;1H/q+1;/p-1. The van der Waals surface area contributed by atoms with Crippen LogP contribution in [-0.2, 0) is 13.5 Å². The summed E-state index contributed by atoms with van der Waals surface area (Å²) >= 11 is 0. The van der Waals surface area contributed by atoms with E-state index in [9.17, 15) is 0 Å². The Morgan fingerprint density at radius 1 is 0.900 bits per heavy atom. The summed E-state index contributed by atoms with van der Waals surface area (Å²) in [6, 6.07) is 2.30. The first-order chi connectivity index (χ1) is 9.16. The van der Waals surface area contributed by atoms with Gasteiger partial charge in [0.2, 0.25) is 0 Å². The molecule has 0 aliphatic rings. The van der Waals surface area contributed by atoms with Crippen molar-refractivity contribution < 1.29 is 21.5 Å². The second-order valence-electron chi connectivity index (χ2n) is 5.89. The third-order valence-electron chi connectivity index (χ3n) is 4.35. The van der Waals surface area contributed by atoms with Gasteiger partial charge in [-0.1, -0.05) is 51.9 Å². The smallest absolute Gasteiger partial charge is 0.181 e. The Kier molecular flexibility index (Phi) is 11.1. The maximum atomic E-state index is 2.30. The van der Waals surface area contributed by atoms with Crippen LogP contribution in [0, 0.1) is 13.8 Å². The third-order valence-corrected chi connectivity index (χ3v) is 4.35. The number of halogens is 1. The second-order valence-corrected chi connectivity index (χ2v) is 5.89. The van der Waals surface area contributed by atoms with Gasteiger partial charge in [0.05, 0.1) is 0 Å². The first-order valence-corrected chi connectivity index (χ1v) is 8.11. The minimum Gasteiger partial charge on any atom is -1.00 e. The summed E-state index contributed by atoms with van der Waals surface area (Å²) < 4.78 is 2.21. The summed E-state index contributed by atoms with van der Waals surface area (Å²) in [4.78, 5) is 0. The summed E-state index contributed by atoms with van der Waals surface area (Å²) in [5, 5.41) is 0. The molecule has 0 amide bonds. The molecule has 2 heteroatoms. The fourth-order valence-corrected chi connectivity index (χ4v) is 2.66. The predicted octanol–water partition coefficient (Wildman–Crippen LogP) is 1.82. The molecular weight excluding hydrogens is 310 g/mol. The SMILES string of the molecule is CCCCCCCCCCc1cc[n+](C)c(C)c1C.[Br-]. The molecule has 1 aromatic heterocycles. The molecule has 0 aliphatic heterocycles. The molecule has 0 aromatic carbocycles. The number of hydrogen-bond donors (Lipinski definition) is 0. The fourth-order valence-electron chi connectivity index (χ4n) is 2.66. The highest BCUT2D eigenvalue weighted by atomic mass is 79.9. The average Bonchev–Trinajstić information content (AvgIpc) is 2.41. The lowest BCUT2D eigenvalue weighted by molar-refractivity contribution is -0.678. The quantitative estimate of drug-likeness (QED) is 0.476. The van der Waals surface area contributed by atoms with Gasteiger partial charge >= 0.3 is 0 Å². The van der Waals surface area contributed by atoms with E-state index in [1.807, 2.05) is 0 Å². The number of hydrogen-bond acceptors (Lipinski definition) is 0. The van der Waals surface area contributed by atoms with E-state index in [2.05, 4.69) is 44.6 Å². The van der Waals surface area contributed by atoms with Gasteiger partial charge in [-0.2, -0.15) is 0 Å². The van der Waals surface area contributed by atoms with Crippen LogP contribution in [0.25, 0.3) is 0 Å². The lowest BCUT2D eigenvalue weighted by Gasteiger charge is -2.07. The molecule has 0 saturated heterocycles. The fraction of sp³-hybridized carbons (Fsp3) is 0.722. The molecule has 0 atom stereocenters. The number of aryl methyl sites for hydroxylation is 2. The lowest BCUT2D eigenvalue weighted by Crippen LogP contribution is -3.00. The van der Waals surface area contributed by atoms with Gasteiger partial charge in [0.1, 0.15) is 7.05 Å². The van der Waals surface area contributed by atoms with E-state index in [0.717, 1.165) is 0 Å². The third kappa shape index (κ3) is 6.88. The van der Waals surface area contributed by atoms with Crippen LogP contribution in [0.4, 0.5) is 0 Å². The van der Waals surface area contributed by atoms with E-state index in [4.69, 9.17) is 0 Å². The summed E-state index contributed by atoms with van der Waals surface area (Å²) in [6.07, 6.45) is 14.7. The molecule has 1 rings (SSSR count). The maximum absolute atomic E-state index is 2.30. The van der Waals surface area contributed by atoms with E-state index < -0.39 is 0 Å². The van der Waals surface area contributed by atoms with Crippen LogP contribution in [0.1, 0.15) is 75.1 Å². The van der Waals surface area contributed by atoms with E-state index in [-0.39, 0.29) is 17.0 Å². The van der Waals surface area contributed by atoms with Crippen LogP contribution in [0.5, 0.6) is 0 Å². The molecule has 1 aromatic rings. The van der Waals surface area contributed by atoms with E-state index >= 15 is 0 Å². The first-order valence-electron chi connectivity index (χ1n) is 8.11. The van der Waals surface area contributed by atoms with Crippen LogP contribution in [0.2, 0.25) is 0 Å². The Hall–Kier alpha value is -0.370. The Bertz CT molecular complexity index is 374. The van der Waals surface area contributed by atoms with Crippen molar-refractivity contribution in [2.24, 2.45) is 7.05 Å².